The third-order valence-electron chi connectivity index (χ3n) is 3.48. The van der Waals surface area contributed by atoms with Crippen LogP contribution in [0, 0.1) is 0 Å². The van der Waals surface area contributed by atoms with E-state index in [1.807, 2.05) is 30.3 Å². The van der Waals surface area contributed by atoms with Gasteiger partial charge in [-0.15, -0.1) is 10.2 Å². The highest BCUT2D eigenvalue weighted by molar-refractivity contribution is 7.92. The van der Waals surface area contributed by atoms with Crippen LogP contribution in [-0.2, 0) is 9.84 Å². The maximum absolute atomic E-state index is 12.3. The number of nitrogens with zero attached hydrogens (tertiary/aromatic N) is 2. The number of aromatic nitrogens is 2. The lowest BCUT2D eigenvalue weighted by Crippen LogP contribution is -2.13. The molecule has 0 saturated carbocycles. The van der Waals surface area contributed by atoms with Gasteiger partial charge in [-0.2, -0.15) is 0 Å². The van der Waals surface area contributed by atoms with E-state index in [2.05, 4.69) is 10.2 Å². The van der Waals surface area contributed by atoms with Crippen molar-refractivity contribution >= 4 is 9.84 Å². The SMILES string of the molecule is CC(C)S(=O)(=O)c1cccc(-c2nnc(-c3ccccc3)o2)c1. The summed E-state index contributed by atoms with van der Waals surface area (Å²) in [6.45, 7) is 3.31. The van der Waals surface area contributed by atoms with Gasteiger partial charge in [-0.25, -0.2) is 8.42 Å². The van der Waals surface area contributed by atoms with Crippen molar-refractivity contribution in [1.29, 1.82) is 0 Å². The lowest BCUT2D eigenvalue weighted by Gasteiger charge is -2.08. The molecule has 6 heteroatoms. The largest absolute Gasteiger partial charge is 0.416 e. The van der Waals surface area contributed by atoms with Crippen LogP contribution in [0.25, 0.3) is 22.9 Å². The van der Waals surface area contributed by atoms with Crippen LogP contribution in [0.15, 0.2) is 63.9 Å². The predicted octanol–water partition coefficient (Wildman–Crippen LogP) is 3.59. The van der Waals surface area contributed by atoms with Crippen molar-refractivity contribution < 1.29 is 12.8 Å². The molecular formula is C17H16N2O3S. The van der Waals surface area contributed by atoms with Crippen molar-refractivity contribution in [1.82, 2.24) is 10.2 Å². The highest BCUT2D eigenvalue weighted by Crippen LogP contribution is 2.26. The van der Waals surface area contributed by atoms with Crippen LogP contribution in [0.2, 0.25) is 0 Å². The van der Waals surface area contributed by atoms with Crippen LogP contribution >= 0.6 is 0 Å². The molecule has 0 aliphatic carbocycles. The molecular weight excluding hydrogens is 312 g/mol. The quantitative estimate of drug-likeness (QED) is 0.732. The van der Waals surface area contributed by atoms with Crippen LogP contribution < -0.4 is 0 Å². The topological polar surface area (TPSA) is 73.1 Å². The Hall–Kier alpha value is -2.47. The fourth-order valence-electron chi connectivity index (χ4n) is 2.12. The van der Waals surface area contributed by atoms with Gasteiger partial charge in [0.25, 0.3) is 0 Å². The molecule has 0 fully saturated rings. The van der Waals surface area contributed by atoms with Gasteiger partial charge in [0, 0.05) is 11.1 Å². The highest BCUT2D eigenvalue weighted by atomic mass is 32.2. The van der Waals surface area contributed by atoms with Crippen LogP contribution in [0.4, 0.5) is 0 Å². The Morgan fingerprint density at radius 1 is 0.870 bits per heavy atom. The maximum Gasteiger partial charge on any atom is 0.248 e. The Bertz CT molecular complexity index is 916. The molecule has 0 saturated heterocycles. The van der Waals surface area contributed by atoms with Gasteiger partial charge < -0.3 is 4.42 Å². The number of hydrogen-bond donors (Lipinski definition) is 0. The Balaban J connectivity index is 1.99. The summed E-state index contributed by atoms with van der Waals surface area (Å²) in [5.41, 5.74) is 1.40. The van der Waals surface area contributed by atoms with Gasteiger partial charge in [-0.05, 0) is 44.2 Å². The van der Waals surface area contributed by atoms with E-state index in [4.69, 9.17) is 4.42 Å². The summed E-state index contributed by atoms with van der Waals surface area (Å²) in [7, 11) is -3.34. The zero-order valence-electron chi connectivity index (χ0n) is 12.8. The van der Waals surface area contributed by atoms with E-state index in [9.17, 15) is 8.42 Å². The van der Waals surface area contributed by atoms with Gasteiger partial charge in [0.05, 0.1) is 10.1 Å². The van der Waals surface area contributed by atoms with E-state index in [0.717, 1.165) is 5.56 Å². The molecule has 23 heavy (non-hydrogen) atoms. The summed E-state index contributed by atoms with van der Waals surface area (Å²) >= 11 is 0. The average Bonchev–Trinajstić information content (AvgIpc) is 3.06. The van der Waals surface area contributed by atoms with Gasteiger partial charge >= 0.3 is 0 Å². The van der Waals surface area contributed by atoms with Gasteiger partial charge in [0.1, 0.15) is 0 Å². The first-order valence-electron chi connectivity index (χ1n) is 7.22. The van der Waals surface area contributed by atoms with Gasteiger partial charge in [0.15, 0.2) is 9.84 Å². The molecule has 2 aromatic carbocycles. The predicted molar refractivity (Wildman–Crippen MR) is 87.5 cm³/mol. The Kier molecular flexibility index (Phi) is 4.00. The Morgan fingerprint density at radius 3 is 2.13 bits per heavy atom. The second-order valence-electron chi connectivity index (χ2n) is 5.40. The monoisotopic (exact) mass is 328 g/mol. The molecule has 0 atom stereocenters. The first-order valence-corrected chi connectivity index (χ1v) is 8.76. The van der Waals surface area contributed by atoms with E-state index < -0.39 is 15.1 Å². The summed E-state index contributed by atoms with van der Waals surface area (Å²) < 4.78 is 30.2. The van der Waals surface area contributed by atoms with Crippen LogP contribution in [0.5, 0.6) is 0 Å². The minimum absolute atomic E-state index is 0.254. The molecule has 3 rings (SSSR count). The highest BCUT2D eigenvalue weighted by Gasteiger charge is 2.20. The summed E-state index contributed by atoms with van der Waals surface area (Å²) in [6, 6.07) is 16.0. The summed E-state index contributed by atoms with van der Waals surface area (Å²) in [4.78, 5) is 0.254. The summed E-state index contributed by atoms with van der Waals surface area (Å²) in [6.07, 6.45) is 0. The molecule has 0 bridgehead atoms. The molecule has 3 aromatic rings. The van der Waals surface area contributed by atoms with E-state index in [-0.39, 0.29) is 4.90 Å². The molecule has 5 nitrogen and oxygen atoms in total. The first kappa shape index (κ1) is 15.4. The third-order valence-corrected chi connectivity index (χ3v) is 5.63. The van der Waals surface area contributed by atoms with Crippen molar-refractivity contribution in [2.24, 2.45) is 0 Å². The molecule has 0 spiro atoms. The van der Waals surface area contributed by atoms with E-state index in [0.29, 0.717) is 17.3 Å². The Labute approximate surface area is 134 Å². The zero-order valence-corrected chi connectivity index (χ0v) is 13.6. The number of benzene rings is 2. The summed E-state index contributed by atoms with van der Waals surface area (Å²) in [5, 5.41) is 7.56. The van der Waals surface area contributed by atoms with Crippen molar-refractivity contribution in [2.75, 3.05) is 0 Å². The molecule has 0 aliphatic heterocycles. The van der Waals surface area contributed by atoms with E-state index in [1.54, 1.807) is 38.1 Å². The minimum Gasteiger partial charge on any atom is -0.416 e. The Morgan fingerprint density at radius 2 is 1.48 bits per heavy atom. The molecule has 1 aromatic heterocycles. The molecule has 0 radical (unpaired) electrons. The maximum atomic E-state index is 12.3. The first-order chi connectivity index (χ1) is 11.0. The molecule has 0 aliphatic rings. The van der Waals surface area contributed by atoms with Gasteiger partial charge in [-0.3, -0.25) is 0 Å². The smallest absolute Gasteiger partial charge is 0.248 e. The second-order valence-corrected chi connectivity index (χ2v) is 7.90. The lowest BCUT2D eigenvalue weighted by molar-refractivity contribution is 0.583. The normalized spacial score (nSPS) is 11.8. The number of hydrogen-bond acceptors (Lipinski definition) is 5. The third kappa shape index (κ3) is 3.03. The number of rotatable bonds is 4. The fraction of sp³-hybridized carbons (Fsp3) is 0.176. The number of sulfone groups is 1. The van der Waals surface area contributed by atoms with Crippen molar-refractivity contribution in [3.63, 3.8) is 0 Å². The second kappa shape index (κ2) is 5.96. The van der Waals surface area contributed by atoms with E-state index >= 15 is 0 Å². The van der Waals surface area contributed by atoms with Gasteiger partial charge in [0.2, 0.25) is 11.8 Å². The van der Waals surface area contributed by atoms with Crippen molar-refractivity contribution in [2.45, 2.75) is 24.0 Å². The minimum atomic E-state index is -3.34. The lowest BCUT2D eigenvalue weighted by atomic mass is 10.2. The summed E-state index contributed by atoms with van der Waals surface area (Å²) in [5.74, 6) is 0.697. The molecule has 0 amide bonds. The van der Waals surface area contributed by atoms with Crippen LogP contribution in [0.3, 0.4) is 0 Å². The molecule has 118 valence electrons. The van der Waals surface area contributed by atoms with Gasteiger partial charge in [-0.1, -0.05) is 24.3 Å². The molecule has 1 heterocycles. The van der Waals surface area contributed by atoms with Crippen LogP contribution in [0.1, 0.15) is 13.8 Å². The van der Waals surface area contributed by atoms with Crippen LogP contribution in [-0.4, -0.2) is 23.9 Å². The fourth-order valence-corrected chi connectivity index (χ4v) is 3.22. The average molecular weight is 328 g/mol. The zero-order chi connectivity index (χ0) is 16.4. The van der Waals surface area contributed by atoms with Crippen molar-refractivity contribution in [3.8, 4) is 22.9 Å². The molecule has 0 N–H and O–H groups in total. The van der Waals surface area contributed by atoms with Crippen molar-refractivity contribution in [3.05, 3.63) is 54.6 Å². The van der Waals surface area contributed by atoms with E-state index in [1.165, 1.54) is 0 Å². The standard InChI is InChI=1S/C17H16N2O3S/c1-12(2)23(20,21)15-10-6-9-14(11-15)17-19-18-16(22-17)13-7-4-3-5-8-13/h3-12H,1-2H3. The molecule has 0 unspecified atom stereocenters.